The number of aryl methyl sites for hydroxylation is 1. The van der Waals surface area contributed by atoms with Crippen molar-refractivity contribution in [3.8, 4) is 0 Å². The van der Waals surface area contributed by atoms with Crippen molar-refractivity contribution in [2.45, 2.75) is 26.3 Å². The summed E-state index contributed by atoms with van der Waals surface area (Å²) >= 11 is 0. The third-order valence-corrected chi connectivity index (χ3v) is 6.40. The number of para-hydroxylation sites is 1. The van der Waals surface area contributed by atoms with Crippen LogP contribution in [0, 0.1) is 0 Å². The van der Waals surface area contributed by atoms with Crippen LogP contribution in [0.3, 0.4) is 0 Å². The maximum absolute atomic E-state index is 12.8. The molecule has 6 nitrogen and oxygen atoms in total. The molecule has 0 saturated carbocycles. The van der Waals surface area contributed by atoms with Crippen LogP contribution in [0.15, 0.2) is 54.6 Å². The topological polar surface area (TPSA) is 58.3 Å². The molecule has 3 N–H and O–H groups in total. The first-order valence-corrected chi connectivity index (χ1v) is 11.3. The molecule has 0 aromatic heterocycles. The molecule has 3 rings (SSSR count). The van der Waals surface area contributed by atoms with Gasteiger partial charge in [0, 0.05) is 12.7 Å². The zero-order chi connectivity index (χ0) is 22.2. The maximum Gasteiger partial charge on any atom is 0.279 e. The number of carbonyl (C=O) groups is 2. The smallest absolute Gasteiger partial charge is 0.279 e. The van der Waals surface area contributed by atoms with Crippen LogP contribution in [0.2, 0.25) is 0 Å². The molecule has 1 heterocycles. The molecule has 1 fully saturated rings. The first kappa shape index (κ1) is 23.0. The second-order valence-electron chi connectivity index (χ2n) is 8.50. The Morgan fingerprint density at radius 3 is 2.16 bits per heavy atom. The van der Waals surface area contributed by atoms with E-state index in [9.17, 15) is 9.59 Å². The Hall–Kier alpha value is -2.70. The van der Waals surface area contributed by atoms with Gasteiger partial charge in [-0.25, -0.2) is 0 Å². The highest BCUT2D eigenvalue weighted by Gasteiger charge is 2.28. The minimum Gasteiger partial charge on any atom is -0.334 e. The van der Waals surface area contributed by atoms with Gasteiger partial charge in [0.2, 0.25) is 0 Å². The van der Waals surface area contributed by atoms with Gasteiger partial charge in [0.1, 0.15) is 26.2 Å². The van der Waals surface area contributed by atoms with Crippen LogP contribution in [0.25, 0.3) is 0 Å². The summed E-state index contributed by atoms with van der Waals surface area (Å²) in [4.78, 5) is 29.7. The van der Waals surface area contributed by atoms with Gasteiger partial charge in [-0.3, -0.25) is 9.59 Å². The van der Waals surface area contributed by atoms with Crippen LogP contribution in [0.4, 0.5) is 5.69 Å². The van der Waals surface area contributed by atoms with Gasteiger partial charge in [-0.1, -0.05) is 55.5 Å². The molecule has 0 aliphatic carbocycles. The minimum atomic E-state index is 0.0619. The van der Waals surface area contributed by atoms with E-state index in [1.165, 1.54) is 9.80 Å². The Labute approximate surface area is 185 Å². The highest BCUT2D eigenvalue weighted by Crippen LogP contribution is 2.17. The fourth-order valence-electron chi connectivity index (χ4n) is 4.19. The fraction of sp³-hybridized carbons (Fsp3) is 0.440. The molecule has 1 aliphatic heterocycles. The third-order valence-electron chi connectivity index (χ3n) is 6.40. The Balaban J connectivity index is 1.43. The number of anilines is 1. The molecule has 1 atom stereocenters. The molecular formula is C25H36N4O2+2. The molecule has 2 aromatic carbocycles. The van der Waals surface area contributed by atoms with E-state index in [4.69, 9.17) is 0 Å². The van der Waals surface area contributed by atoms with Crippen molar-refractivity contribution in [2.24, 2.45) is 0 Å². The van der Waals surface area contributed by atoms with E-state index in [-0.39, 0.29) is 17.9 Å². The molecule has 0 unspecified atom stereocenters. The third kappa shape index (κ3) is 6.39. The van der Waals surface area contributed by atoms with Gasteiger partial charge in [-0.2, -0.15) is 0 Å². The summed E-state index contributed by atoms with van der Waals surface area (Å²) in [6, 6.07) is 18.2. The SMILES string of the molecule is CCc1ccccc1NC(=O)C[NH+]1CC[NH+](CC(=O)N(C)[C@H](C)c2ccccc2)CC1. The summed E-state index contributed by atoms with van der Waals surface area (Å²) in [6.07, 6.45) is 0.900. The predicted octanol–water partition coefficient (Wildman–Crippen LogP) is 0.191. The van der Waals surface area contributed by atoms with Gasteiger partial charge in [-0.15, -0.1) is 0 Å². The lowest BCUT2D eigenvalue weighted by Crippen LogP contribution is -3.28. The standard InChI is InChI=1S/C25H34N4O2/c1-4-21-10-8-9-13-23(21)26-24(30)18-28-14-16-29(17-15-28)19-25(31)27(3)20(2)22-11-6-5-7-12-22/h5-13,20H,4,14-19H2,1-3H3,(H,26,30)/p+2/t20-/m1/s1. The van der Waals surface area contributed by atoms with Crippen molar-refractivity contribution in [3.05, 3.63) is 65.7 Å². The van der Waals surface area contributed by atoms with Crippen LogP contribution >= 0.6 is 0 Å². The average molecular weight is 425 g/mol. The van der Waals surface area contributed by atoms with Crippen molar-refractivity contribution in [1.82, 2.24) is 4.90 Å². The number of quaternary nitrogens is 2. The van der Waals surface area contributed by atoms with Crippen molar-refractivity contribution >= 4 is 17.5 Å². The van der Waals surface area contributed by atoms with E-state index < -0.39 is 0 Å². The van der Waals surface area contributed by atoms with E-state index in [2.05, 4.69) is 37.4 Å². The number of hydrogen-bond donors (Lipinski definition) is 3. The normalized spacial score (nSPS) is 19.5. The largest absolute Gasteiger partial charge is 0.334 e. The Morgan fingerprint density at radius 2 is 1.52 bits per heavy atom. The van der Waals surface area contributed by atoms with Crippen LogP contribution in [-0.2, 0) is 16.0 Å². The first-order chi connectivity index (χ1) is 15.0. The zero-order valence-electron chi connectivity index (χ0n) is 19.0. The molecule has 0 bridgehead atoms. The number of nitrogens with zero attached hydrogens (tertiary/aromatic N) is 1. The van der Waals surface area contributed by atoms with Crippen LogP contribution in [0.5, 0.6) is 0 Å². The summed E-state index contributed by atoms with van der Waals surface area (Å²) in [5, 5.41) is 3.07. The Kier molecular flexibility index (Phi) is 8.20. The Bertz CT molecular complexity index is 863. The zero-order valence-corrected chi connectivity index (χ0v) is 19.0. The van der Waals surface area contributed by atoms with E-state index >= 15 is 0 Å². The fourth-order valence-corrected chi connectivity index (χ4v) is 4.19. The van der Waals surface area contributed by atoms with E-state index in [1.807, 2.05) is 48.3 Å². The highest BCUT2D eigenvalue weighted by molar-refractivity contribution is 5.92. The van der Waals surface area contributed by atoms with E-state index in [0.29, 0.717) is 13.1 Å². The number of nitrogens with one attached hydrogen (secondary N) is 3. The lowest BCUT2D eigenvalue weighted by molar-refractivity contribution is -1.00. The van der Waals surface area contributed by atoms with Crippen LogP contribution in [-0.4, -0.2) is 63.0 Å². The molecule has 2 aromatic rings. The number of likely N-dealkylation sites (N-methyl/N-ethyl adjacent to an activating group) is 1. The second-order valence-corrected chi connectivity index (χ2v) is 8.50. The van der Waals surface area contributed by atoms with Crippen molar-refractivity contribution in [1.29, 1.82) is 0 Å². The average Bonchev–Trinajstić information content (AvgIpc) is 2.80. The van der Waals surface area contributed by atoms with Gasteiger partial charge < -0.3 is 20.0 Å². The van der Waals surface area contributed by atoms with Gasteiger partial charge in [0.25, 0.3) is 11.8 Å². The predicted molar refractivity (Wildman–Crippen MR) is 123 cm³/mol. The number of carbonyl (C=O) groups excluding carboxylic acids is 2. The summed E-state index contributed by atoms with van der Waals surface area (Å²) in [6.45, 7) is 8.78. The van der Waals surface area contributed by atoms with E-state index in [1.54, 1.807) is 0 Å². The van der Waals surface area contributed by atoms with Gasteiger partial charge in [0.15, 0.2) is 13.1 Å². The van der Waals surface area contributed by atoms with Crippen molar-refractivity contribution < 1.29 is 19.4 Å². The Morgan fingerprint density at radius 1 is 0.935 bits per heavy atom. The van der Waals surface area contributed by atoms with Crippen LogP contribution in [0.1, 0.15) is 31.0 Å². The molecule has 31 heavy (non-hydrogen) atoms. The number of hydrogen-bond acceptors (Lipinski definition) is 2. The van der Waals surface area contributed by atoms with Gasteiger partial charge in [0.05, 0.1) is 6.04 Å². The summed E-state index contributed by atoms with van der Waals surface area (Å²) in [5.74, 6) is 0.232. The number of amides is 2. The van der Waals surface area contributed by atoms with E-state index in [0.717, 1.165) is 49.4 Å². The summed E-state index contributed by atoms with van der Waals surface area (Å²) in [7, 11) is 1.89. The molecule has 1 aliphatic rings. The van der Waals surface area contributed by atoms with Gasteiger partial charge in [-0.05, 0) is 30.5 Å². The number of benzene rings is 2. The summed E-state index contributed by atoms with van der Waals surface area (Å²) in [5.41, 5.74) is 3.23. The number of piperazine rings is 1. The molecule has 0 spiro atoms. The molecule has 166 valence electrons. The molecular weight excluding hydrogens is 388 g/mol. The molecule has 2 amide bonds. The van der Waals surface area contributed by atoms with Crippen molar-refractivity contribution in [3.63, 3.8) is 0 Å². The lowest BCUT2D eigenvalue weighted by atomic mass is 10.1. The first-order valence-electron chi connectivity index (χ1n) is 11.3. The minimum absolute atomic E-state index is 0.0619. The quantitative estimate of drug-likeness (QED) is 0.567. The highest BCUT2D eigenvalue weighted by atomic mass is 16.2. The monoisotopic (exact) mass is 424 g/mol. The van der Waals surface area contributed by atoms with Crippen molar-refractivity contribution in [2.75, 3.05) is 51.6 Å². The molecule has 0 radical (unpaired) electrons. The number of rotatable bonds is 8. The summed E-state index contributed by atoms with van der Waals surface area (Å²) < 4.78 is 0. The maximum atomic E-state index is 12.8. The second kappa shape index (κ2) is 11.1. The van der Waals surface area contributed by atoms with Gasteiger partial charge >= 0.3 is 0 Å². The molecule has 6 heteroatoms. The molecule has 1 saturated heterocycles. The lowest BCUT2D eigenvalue weighted by Gasteiger charge is -2.31. The van der Waals surface area contributed by atoms with Crippen LogP contribution < -0.4 is 15.1 Å².